The zero-order valence-electron chi connectivity index (χ0n) is 19.5. The number of fused-ring (bicyclic) bond motifs is 1. The lowest BCUT2D eigenvalue weighted by Crippen LogP contribution is -2.45. The van der Waals surface area contributed by atoms with Crippen molar-refractivity contribution in [2.75, 3.05) is 19.0 Å². The third kappa shape index (κ3) is 5.83. The first-order chi connectivity index (χ1) is 16.0. The van der Waals surface area contributed by atoms with Gasteiger partial charge in [-0.2, -0.15) is 4.72 Å². The van der Waals surface area contributed by atoms with Crippen LogP contribution < -0.4 is 10.0 Å². The Kier molecular flexibility index (Phi) is 8.11. The van der Waals surface area contributed by atoms with Gasteiger partial charge in [-0.05, 0) is 49.8 Å². The summed E-state index contributed by atoms with van der Waals surface area (Å²) < 4.78 is 37.7. The Morgan fingerprint density at radius 1 is 1.12 bits per heavy atom. The average molecular weight is 509 g/mol. The van der Waals surface area contributed by atoms with Crippen molar-refractivity contribution in [3.8, 4) is 0 Å². The van der Waals surface area contributed by atoms with Gasteiger partial charge >= 0.3 is 11.9 Å². The molecule has 1 aliphatic rings. The predicted molar refractivity (Wildman–Crippen MR) is 127 cm³/mol. The van der Waals surface area contributed by atoms with E-state index in [1.165, 1.54) is 30.6 Å². The van der Waals surface area contributed by atoms with E-state index in [9.17, 15) is 22.8 Å². The number of amides is 1. The van der Waals surface area contributed by atoms with Gasteiger partial charge in [0, 0.05) is 4.88 Å². The summed E-state index contributed by atoms with van der Waals surface area (Å²) in [6, 6.07) is 5.03. The predicted octanol–water partition coefficient (Wildman–Crippen LogP) is 2.82. The van der Waals surface area contributed by atoms with Crippen LogP contribution in [-0.2, 0) is 41.9 Å². The molecule has 1 aromatic carbocycles. The second-order valence-electron chi connectivity index (χ2n) is 8.36. The number of carbonyl (C=O) groups is 3. The highest BCUT2D eigenvalue weighted by molar-refractivity contribution is 7.89. The molecule has 3 rings (SSSR count). The lowest BCUT2D eigenvalue weighted by molar-refractivity contribution is -0.150. The molecule has 0 radical (unpaired) electrons. The third-order valence-electron chi connectivity index (χ3n) is 5.44. The van der Waals surface area contributed by atoms with Crippen molar-refractivity contribution in [2.24, 2.45) is 5.92 Å². The van der Waals surface area contributed by atoms with Gasteiger partial charge in [-0.25, -0.2) is 13.2 Å². The van der Waals surface area contributed by atoms with Gasteiger partial charge in [0.1, 0.15) is 11.0 Å². The van der Waals surface area contributed by atoms with E-state index >= 15 is 0 Å². The van der Waals surface area contributed by atoms with Gasteiger partial charge < -0.3 is 14.8 Å². The van der Waals surface area contributed by atoms with Crippen LogP contribution in [-0.4, -0.2) is 46.0 Å². The van der Waals surface area contributed by atoms with Crippen LogP contribution >= 0.6 is 11.3 Å². The smallest absolute Gasteiger partial charge is 0.341 e. The maximum Gasteiger partial charge on any atom is 0.341 e. The van der Waals surface area contributed by atoms with E-state index < -0.39 is 46.4 Å². The highest BCUT2D eigenvalue weighted by Crippen LogP contribution is 2.39. The number of carbonyl (C=O) groups excluding carboxylic acids is 3. The van der Waals surface area contributed by atoms with Gasteiger partial charge in [0.25, 0.3) is 5.91 Å². The number of ether oxygens (including phenoxy) is 2. The van der Waals surface area contributed by atoms with Crippen LogP contribution in [0.25, 0.3) is 0 Å². The maximum absolute atomic E-state index is 12.7. The number of benzene rings is 1. The van der Waals surface area contributed by atoms with Crippen molar-refractivity contribution in [1.29, 1.82) is 0 Å². The molecule has 0 fully saturated rings. The van der Waals surface area contributed by atoms with Crippen LogP contribution in [0.15, 0.2) is 29.2 Å². The van der Waals surface area contributed by atoms with E-state index in [0.717, 1.165) is 35.3 Å². The number of sulfonamides is 1. The summed E-state index contributed by atoms with van der Waals surface area (Å²) in [5, 5.41) is 2.98. The second kappa shape index (κ2) is 10.7. The first-order valence-corrected chi connectivity index (χ1v) is 13.1. The maximum atomic E-state index is 12.7. The molecule has 34 heavy (non-hydrogen) atoms. The molecule has 1 amide bonds. The van der Waals surface area contributed by atoms with Gasteiger partial charge in [0.05, 0.1) is 17.6 Å². The molecule has 1 aliphatic carbocycles. The molecule has 2 N–H and O–H groups in total. The first-order valence-electron chi connectivity index (χ1n) is 10.8. The molecule has 9 nitrogen and oxygen atoms in total. The van der Waals surface area contributed by atoms with Crippen LogP contribution in [0.3, 0.4) is 0 Å². The van der Waals surface area contributed by atoms with E-state index in [1.807, 2.05) is 6.92 Å². The zero-order chi connectivity index (χ0) is 25.0. The standard InChI is InChI=1S/C23H28N2O7S2/c1-13(2)20(25-34(29,30)15-10-8-14(3)9-11-15)23(28)32-12-18(26)24-21-19(22(27)31-4)16-6-5-7-17(16)33-21/h8-11,13,20,25H,5-7,12H2,1-4H3,(H,24,26)/t20-/m1/s1. The van der Waals surface area contributed by atoms with Crippen molar-refractivity contribution < 1.29 is 32.3 Å². The number of hydrogen-bond acceptors (Lipinski definition) is 8. The molecule has 0 unspecified atom stereocenters. The quantitative estimate of drug-likeness (QED) is 0.499. The molecule has 2 aromatic rings. The summed E-state index contributed by atoms with van der Waals surface area (Å²) in [6.07, 6.45) is 2.50. The van der Waals surface area contributed by atoms with Crippen molar-refractivity contribution in [3.05, 3.63) is 45.8 Å². The Labute approximate surface area is 202 Å². The van der Waals surface area contributed by atoms with Gasteiger partial charge in [-0.3, -0.25) is 9.59 Å². The Balaban J connectivity index is 1.65. The molecule has 11 heteroatoms. The van der Waals surface area contributed by atoms with Crippen molar-refractivity contribution in [2.45, 2.75) is 51.0 Å². The van der Waals surface area contributed by atoms with Gasteiger partial charge in [-0.15, -0.1) is 11.3 Å². The summed E-state index contributed by atoms with van der Waals surface area (Å²) in [4.78, 5) is 38.4. The monoisotopic (exact) mass is 508 g/mol. The molecule has 0 bridgehead atoms. The molecular weight excluding hydrogens is 480 g/mol. The van der Waals surface area contributed by atoms with Crippen molar-refractivity contribution >= 4 is 44.2 Å². The summed E-state index contributed by atoms with van der Waals surface area (Å²) in [5.41, 5.74) is 2.12. The topological polar surface area (TPSA) is 128 Å². The number of esters is 2. The summed E-state index contributed by atoms with van der Waals surface area (Å²) in [7, 11) is -2.69. The number of methoxy groups -OCH3 is 1. The normalized spacial score (nSPS) is 13.9. The molecule has 1 atom stereocenters. The van der Waals surface area contributed by atoms with E-state index in [2.05, 4.69) is 10.0 Å². The van der Waals surface area contributed by atoms with E-state index in [1.54, 1.807) is 26.0 Å². The minimum absolute atomic E-state index is 0.0235. The summed E-state index contributed by atoms with van der Waals surface area (Å²) in [5.74, 6) is -2.47. The third-order valence-corrected chi connectivity index (χ3v) is 8.11. The molecular formula is C23H28N2O7S2. The van der Waals surface area contributed by atoms with Crippen molar-refractivity contribution in [3.63, 3.8) is 0 Å². The zero-order valence-corrected chi connectivity index (χ0v) is 21.1. The molecule has 0 saturated carbocycles. The molecule has 0 spiro atoms. The lowest BCUT2D eigenvalue weighted by Gasteiger charge is -2.20. The Hall–Kier alpha value is -2.76. The number of rotatable bonds is 9. The van der Waals surface area contributed by atoms with Crippen LogP contribution in [0.2, 0.25) is 0 Å². The fourth-order valence-corrected chi connectivity index (χ4v) is 6.24. The fraction of sp³-hybridized carbons (Fsp3) is 0.435. The molecule has 1 aromatic heterocycles. The van der Waals surface area contributed by atoms with Crippen LogP contribution in [0.4, 0.5) is 5.00 Å². The molecule has 1 heterocycles. The largest absolute Gasteiger partial charge is 0.465 e. The Morgan fingerprint density at radius 3 is 2.41 bits per heavy atom. The highest BCUT2D eigenvalue weighted by atomic mass is 32.2. The Bertz CT molecular complexity index is 1180. The number of nitrogens with one attached hydrogen (secondary N) is 2. The number of hydrogen-bond donors (Lipinski definition) is 2. The van der Waals surface area contributed by atoms with Crippen LogP contribution in [0, 0.1) is 12.8 Å². The van der Waals surface area contributed by atoms with E-state index in [-0.39, 0.29) is 4.90 Å². The number of anilines is 1. The van der Waals surface area contributed by atoms with Crippen LogP contribution in [0.5, 0.6) is 0 Å². The van der Waals surface area contributed by atoms with E-state index in [0.29, 0.717) is 10.6 Å². The summed E-state index contributed by atoms with van der Waals surface area (Å²) in [6.45, 7) is 4.54. The minimum atomic E-state index is -3.97. The number of thiophene rings is 1. The van der Waals surface area contributed by atoms with Gasteiger partial charge in [0.2, 0.25) is 10.0 Å². The molecule has 0 aliphatic heterocycles. The number of aryl methyl sites for hydroxylation is 2. The fourth-order valence-electron chi connectivity index (χ4n) is 3.61. The summed E-state index contributed by atoms with van der Waals surface area (Å²) >= 11 is 1.31. The second-order valence-corrected chi connectivity index (χ2v) is 11.2. The highest BCUT2D eigenvalue weighted by Gasteiger charge is 2.31. The van der Waals surface area contributed by atoms with E-state index in [4.69, 9.17) is 9.47 Å². The SMILES string of the molecule is COC(=O)c1c(NC(=O)COC(=O)[C@H](NS(=O)(=O)c2ccc(C)cc2)C(C)C)sc2c1CCC2. The van der Waals surface area contributed by atoms with Gasteiger partial charge in [0.15, 0.2) is 6.61 Å². The first kappa shape index (κ1) is 25.9. The van der Waals surface area contributed by atoms with Crippen LogP contribution in [0.1, 0.15) is 46.6 Å². The van der Waals surface area contributed by atoms with Gasteiger partial charge in [-0.1, -0.05) is 31.5 Å². The molecule has 184 valence electrons. The average Bonchev–Trinajstić information content (AvgIpc) is 3.36. The van der Waals surface area contributed by atoms with Crippen molar-refractivity contribution in [1.82, 2.24) is 4.72 Å². The molecule has 0 saturated heterocycles. The minimum Gasteiger partial charge on any atom is -0.465 e. The lowest BCUT2D eigenvalue weighted by atomic mass is 10.1. The Morgan fingerprint density at radius 2 is 1.79 bits per heavy atom.